The Kier molecular flexibility index (Phi) is 9.47. The molecule has 0 unspecified atom stereocenters. The third kappa shape index (κ3) is 7.00. The molecular weight excluding hydrogens is 392 g/mol. The van der Waals surface area contributed by atoms with E-state index in [0.717, 1.165) is 36.4 Å². The fourth-order valence-electron chi connectivity index (χ4n) is 1.75. The van der Waals surface area contributed by atoms with Gasteiger partial charge in [-0.05, 0) is 53.4 Å². The van der Waals surface area contributed by atoms with Crippen LogP contribution in [0.25, 0.3) is 0 Å². The summed E-state index contributed by atoms with van der Waals surface area (Å²) < 4.78 is 27.9. The van der Waals surface area contributed by atoms with Crippen molar-refractivity contribution in [1.82, 2.24) is 10.0 Å². The van der Waals surface area contributed by atoms with E-state index in [-0.39, 0.29) is 0 Å². The first kappa shape index (κ1) is 19.4. The van der Waals surface area contributed by atoms with Gasteiger partial charge in [0.2, 0.25) is 10.0 Å². The molecule has 122 valence electrons. The topological polar surface area (TPSA) is 58.2 Å². The lowest BCUT2D eigenvalue weighted by Gasteiger charge is -2.05. The number of thioether (sulfide) groups is 1. The maximum atomic E-state index is 12.3. The molecule has 0 saturated heterocycles. The van der Waals surface area contributed by atoms with Gasteiger partial charge in [-0.1, -0.05) is 13.3 Å². The molecule has 0 aliphatic rings. The zero-order chi connectivity index (χ0) is 15.7. The predicted octanol–water partition coefficient (Wildman–Crippen LogP) is 3.43. The van der Waals surface area contributed by atoms with Gasteiger partial charge in [-0.2, -0.15) is 11.8 Å². The van der Waals surface area contributed by atoms with Gasteiger partial charge in [-0.3, -0.25) is 0 Å². The van der Waals surface area contributed by atoms with Crippen molar-refractivity contribution in [2.24, 2.45) is 0 Å². The second-order valence-electron chi connectivity index (χ2n) is 4.58. The van der Waals surface area contributed by atoms with Crippen LogP contribution in [-0.4, -0.2) is 33.5 Å². The quantitative estimate of drug-likeness (QED) is 0.544. The molecule has 1 rings (SSSR count). The average molecular weight is 415 g/mol. The normalized spacial score (nSPS) is 12.0. The Labute approximate surface area is 144 Å². The minimum atomic E-state index is -3.41. The molecule has 2 N–H and O–H groups in total. The van der Waals surface area contributed by atoms with Gasteiger partial charge in [-0.25, -0.2) is 13.1 Å². The molecule has 1 aromatic heterocycles. The lowest BCUT2D eigenvalue weighted by Crippen LogP contribution is -2.24. The van der Waals surface area contributed by atoms with E-state index in [1.54, 1.807) is 6.07 Å². The summed E-state index contributed by atoms with van der Waals surface area (Å²) in [4.78, 5) is 1.37. The summed E-state index contributed by atoms with van der Waals surface area (Å²) in [5.41, 5.74) is 0. The molecule has 0 spiro atoms. The zero-order valence-electron chi connectivity index (χ0n) is 12.4. The predicted molar refractivity (Wildman–Crippen MR) is 96.8 cm³/mol. The van der Waals surface area contributed by atoms with E-state index in [4.69, 9.17) is 0 Å². The fourth-order valence-corrected chi connectivity index (χ4v) is 5.97. The van der Waals surface area contributed by atoms with Gasteiger partial charge in [0.15, 0.2) is 0 Å². The highest BCUT2D eigenvalue weighted by atomic mass is 79.9. The van der Waals surface area contributed by atoms with Crippen molar-refractivity contribution >= 4 is 49.1 Å². The Bertz CT molecular complexity index is 517. The number of sulfonamides is 1. The van der Waals surface area contributed by atoms with Crippen LogP contribution >= 0.6 is 39.0 Å². The smallest absolute Gasteiger partial charge is 0.242 e. The highest BCUT2D eigenvalue weighted by Crippen LogP contribution is 2.31. The third-order valence-corrected chi connectivity index (χ3v) is 7.27. The number of rotatable bonds is 11. The highest BCUT2D eigenvalue weighted by molar-refractivity contribution is 9.11. The Morgan fingerprint density at radius 2 is 2.10 bits per heavy atom. The number of thiophene rings is 1. The van der Waals surface area contributed by atoms with Crippen molar-refractivity contribution < 1.29 is 8.42 Å². The maximum absolute atomic E-state index is 12.3. The first-order valence-electron chi connectivity index (χ1n) is 6.98. The molecular formula is C13H23BrN2O2S3. The van der Waals surface area contributed by atoms with Gasteiger partial charge in [-0.15, -0.1) is 11.3 Å². The van der Waals surface area contributed by atoms with Crippen LogP contribution < -0.4 is 10.0 Å². The van der Waals surface area contributed by atoms with E-state index in [0.29, 0.717) is 21.8 Å². The third-order valence-electron chi connectivity index (χ3n) is 2.86. The first-order chi connectivity index (χ1) is 10.0. The van der Waals surface area contributed by atoms with Crippen LogP contribution in [0.2, 0.25) is 0 Å². The molecule has 0 amide bonds. The molecule has 0 aliphatic heterocycles. The molecule has 0 fully saturated rings. The van der Waals surface area contributed by atoms with Crippen LogP contribution in [0.4, 0.5) is 0 Å². The Balaban J connectivity index is 2.51. The maximum Gasteiger partial charge on any atom is 0.242 e. The van der Waals surface area contributed by atoms with Crippen LogP contribution in [-0.2, 0) is 16.6 Å². The molecule has 8 heteroatoms. The summed E-state index contributed by atoms with van der Waals surface area (Å²) in [5.74, 6) is 1.14. The van der Waals surface area contributed by atoms with Gasteiger partial charge < -0.3 is 5.32 Å². The van der Waals surface area contributed by atoms with Crippen LogP contribution in [0.1, 0.15) is 31.1 Å². The van der Waals surface area contributed by atoms with Crippen molar-refractivity contribution in [3.63, 3.8) is 0 Å². The number of hydrogen-bond donors (Lipinski definition) is 2. The van der Waals surface area contributed by atoms with Crippen molar-refractivity contribution in [2.75, 3.05) is 25.1 Å². The second kappa shape index (κ2) is 10.2. The number of hydrogen-bond acceptors (Lipinski definition) is 5. The van der Waals surface area contributed by atoms with Crippen molar-refractivity contribution in [1.29, 1.82) is 0 Å². The Hall–Kier alpha value is 0.400. The molecule has 0 bridgehead atoms. The van der Waals surface area contributed by atoms with E-state index in [2.05, 4.69) is 32.2 Å². The van der Waals surface area contributed by atoms with E-state index in [1.807, 2.05) is 18.7 Å². The summed E-state index contributed by atoms with van der Waals surface area (Å²) >= 11 is 6.64. The molecule has 4 nitrogen and oxygen atoms in total. The van der Waals surface area contributed by atoms with Gasteiger partial charge in [0.25, 0.3) is 0 Å². The summed E-state index contributed by atoms with van der Waals surface area (Å²) in [7, 11) is -3.41. The molecule has 0 radical (unpaired) electrons. The number of nitrogens with one attached hydrogen (secondary N) is 2. The van der Waals surface area contributed by atoms with Crippen LogP contribution in [0.15, 0.2) is 14.7 Å². The molecule has 21 heavy (non-hydrogen) atoms. The summed E-state index contributed by atoms with van der Waals surface area (Å²) in [5, 5.41) is 3.20. The fraction of sp³-hybridized carbons (Fsp3) is 0.692. The van der Waals surface area contributed by atoms with Crippen LogP contribution in [0.3, 0.4) is 0 Å². The summed E-state index contributed by atoms with van der Waals surface area (Å²) in [6, 6.07) is 1.74. The van der Waals surface area contributed by atoms with E-state index < -0.39 is 10.0 Å². The molecule has 1 aromatic rings. The summed E-state index contributed by atoms with van der Waals surface area (Å²) in [6.45, 7) is 4.09. The number of unbranched alkanes of at least 4 members (excludes halogenated alkanes) is 2. The van der Waals surface area contributed by atoms with E-state index in [1.165, 1.54) is 11.3 Å². The zero-order valence-corrected chi connectivity index (χ0v) is 16.5. The minimum Gasteiger partial charge on any atom is -0.312 e. The average Bonchev–Trinajstić information content (AvgIpc) is 2.82. The monoisotopic (exact) mass is 414 g/mol. The van der Waals surface area contributed by atoms with Crippen molar-refractivity contribution in [2.45, 2.75) is 37.6 Å². The molecule has 0 aliphatic carbocycles. The molecule has 0 aromatic carbocycles. The van der Waals surface area contributed by atoms with Gasteiger partial charge in [0, 0.05) is 18.0 Å². The van der Waals surface area contributed by atoms with Crippen molar-refractivity contribution in [3.05, 3.63) is 14.7 Å². The minimum absolute atomic E-state index is 0.351. The van der Waals surface area contributed by atoms with Gasteiger partial charge in [0.1, 0.15) is 4.90 Å². The van der Waals surface area contributed by atoms with Gasteiger partial charge >= 0.3 is 0 Å². The molecule has 0 atom stereocenters. The standard InChI is InChI=1S/C13H23BrN2O2S3/c1-3-15-10-11-9-12(13(14)20-11)21(17,18)16-7-5-4-6-8-19-2/h9,15-16H,3-8,10H2,1-2H3. The van der Waals surface area contributed by atoms with Gasteiger partial charge in [0.05, 0.1) is 3.79 Å². The lowest BCUT2D eigenvalue weighted by molar-refractivity contribution is 0.576. The summed E-state index contributed by atoms with van der Waals surface area (Å²) in [6.07, 6.45) is 5.16. The highest BCUT2D eigenvalue weighted by Gasteiger charge is 2.20. The van der Waals surface area contributed by atoms with Crippen LogP contribution in [0.5, 0.6) is 0 Å². The van der Waals surface area contributed by atoms with E-state index >= 15 is 0 Å². The largest absolute Gasteiger partial charge is 0.312 e. The van der Waals surface area contributed by atoms with Crippen molar-refractivity contribution in [3.8, 4) is 0 Å². The SMILES string of the molecule is CCNCc1cc(S(=O)(=O)NCCCCCSC)c(Br)s1. The molecule has 0 saturated carbocycles. The molecule has 1 heterocycles. The number of halogens is 1. The Morgan fingerprint density at radius 3 is 2.76 bits per heavy atom. The second-order valence-corrected chi connectivity index (χ2v) is 9.76. The van der Waals surface area contributed by atoms with Crippen LogP contribution in [0, 0.1) is 0 Å². The van der Waals surface area contributed by atoms with E-state index in [9.17, 15) is 8.42 Å². The Morgan fingerprint density at radius 1 is 1.33 bits per heavy atom. The first-order valence-corrected chi connectivity index (χ1v) is 11.5. The lowest BCUT2D eigenvalue weighted by atomic mass is 10.2.